The van der Waals surface area contributed by atoms with Gasteiger partial charge in [-0.25, -0.2) is 9.48 Å². The molecule has 1 heterocycles. The van der Waals surface area contributed by atoms with Gasteiger partial charge in [0.2, 0.25) is 0 Å². The van der Waals surface area contributed by atoms with Gasteiger partial charge in [-0.2, -0.15) is 13.2 Å². The molecule has 106 valence electrons. The second-order valence-corrected chi connectivity index (χ2v) is 3.85. The molecule has 0 amide bonds. The summed E-state index contributed by atoms with van der Waals surface area (Å²) in [5, 5.41) is 15.5. The average molecular weight is 286 g/mol. The van der Waals surface area contributed by atoms with Gasteiger partial charge in [0.1, 0.15) is 5.69 Å². The Morgan fingerprint density at radius 1 is 1.30 bits per heavy atom. The number of halogens is 3. The molecular formula is C11H9F3N4O2. The smallest absolute Gasteiger partial charge is 0.435 e. The van der Waals surface area contributed by atoms with Gasteiger partial charge in [-0.3, -0.25) is 0 Å². The van der Waals surface area contributed by atoms with E-state index in [-0.39, 0.29) is 16.9 Å². The SMILES string of the molecule is NCc1nnn(-c2ccc(C(=O)O)cc2)c1C(F)(F)F. The van der Waals surface area contributed by atoms with E-state index in [4.69, 9.17) is 10.8 Å². The molecule has 6 nitrogen and oxygen atoms in total. The Labute approximate surface area is 110 Å². The van der Waals surface area contributed by atoms with Crippen LogP contribution in [0.25, 0.3) is 5.69 Å². The van der Waals surface area contributed by atoms with Crippen molar-refractivity contribution in [2.45, 2.75) is 12.7 Å². The number of aromatic carboxylic acids is 1. The van der Waals surface area contributed by atoms with Crippen molar-refractivity contribution in [2.75, 3.05) is 0 Å². The Kier molecular flexibility index (Phi) is 3.45. The van der Waals surface area contributed by atoms with Gasteiger partial charge in [-0.15, -0.1) is 5.10 Å². The number of nitrogens with two attached hydrogens (primary N) is 1. The maximum Gasteiger partial charge on any atom is 0.435 e. The van der Waals surface area contributed by atoms with Crippen LogP contribution in [0.1, 0.15) is 21.7 Å². The van der Waals surface area contributed by atoms with Crippen molar-refractivity contribution in [2.24, 2.45) is 5.73 Å². The maximum atomic E-state index is 13.0. The summed E-state index contributed by atoms with van der Waals surface area (Å²) in [5.74, 6) is -1.17. The van der Waals surface area contributed by atoms with Gasteiger partial charge in [0.25, 0.3) is 0 Å². The van der Waals surface area contributed by atoms with Crippen molar-refractivity contribution in [1.29, 1.82) is 0 Å². The van der Waals surface area contributed by atoms with Crippen LogP contribution in [0.3, 0.4) is 0 Å². The highest BCUT2D eigenvalue weighted by Gasteiger charge is 2.39. The normalized spacial score (nSPS) is 11.6. The van der Waals surface area contributed by atoms with Crippen LogP contribution in [0.5, 0.6) is 0 Å². The molecule has 0 aliphatic rings. The topological polar surface area (TPSA) is 94.0 Å². The van der Waals surface area contributed by atoms with E-state index in [1.165, 1.54) is 24.3 Å². The lowest BCUT2D eigenvalue weighted by molar-refractivity contribution is -0.143. The lowest BCUT2D eigenvalue weighted by atomic mass is 10.2. The van der Waals surface area contributed by atoms with Gasteiger partial charge in [-0.05, 0) is 24.3 Å². The highest BCUT2D eigenvalue weighted by molar-refractivity contribution is 5.87. The molecule has 0 aliphatic heterocycles. The van der Waals surface area contributed by atoms with Crippen LogP contribution in [-0.4, -0.2) is 26.1 Å². The molecule has 0 atom stereocenters. The van der Waals surface area contributed by atoms with E-state index < -0.39 is 24.4 Å². The predicted octanol–water partition coefficient (Wildman–Crippen LogP) is 1.44. The summed E-state index contributed by atoms with van der Waals surface area (Å²) in [4.78, 5) is 10.7. The summed E-state index contributed by atoms with van der Waals surface area (Å²) < 4.78 is 39.5. The van der Waals surface area contributed by atoms with Crippen molar-refractivity contribution in [3.63, 3.8) is 0 Å². The van der Waals surface area contributed by atoms with Crippen molar-refractivity contribution in [1.82, 2.24) is 15.0 Å². The van der Waals surface area contributed by atoms with Crippen LogP contribution in [-0.2, 0) is 12.7 Å². The number of aromatic nitrogens is 3. The van der Waals surface area contributed by atoms with Crippen molar-refractivity contribution in [3.8, 4) is 5.69 Å². The molecule has 0 unspecified atom stereocenters. The van der Waals surface area contributed by atoms with E-state index in [1.807, 2.05) is 0 Å². The third-order valence-corrected chi connectivity index (χ3v) is 2.56. The quantitative estimate of drug-likeness (QED) is 0.890. The molecule has 0 radical (unpaired) electrons. The third kappa shape index (κ3) is 2.48. The van der Waals surface area contributed by atoms with Crippen molar-refractivity contribution >= 4 is 5.97 Å². The van der Waals surface area contributed by atoms with E-state index >= 15 is 0 Å². The summed E-state index contributed by atoms with van der Waals surface area (Å²) in [6.07, 6.45) is -4.66. The first-order valence-electron chi connectivity index (χ1n) is 5.40. The maximum absolute atomic E-state index is 13.0. The second-order valence-electron chi connectivity index (χ2n) is 3.85. The van der Waals surface area contributed by atoms with E-state index in [0.717, 1.165) is 0 Å². The number of hydrogen-bond donors (Lipinski definition) is 2. The molecule has 0 aliphatic carbocycles. The average Bonchev–Trinajstić information content (AvgIpc) is 2.82. The highest BCUT2D eigenvalue weighted by atomic mass is 19.4. The summed E-state index contributed by atoms with van der Waals surface area (Å²) in [7, 11) is 0. The molecule has 2 aromatic rings. The summed E-state index contributed by atoms with van der Waals surface area (Å²) >= 11 is 0. The number of carbonyl (C=O) groups is 1. The minimum absolute atomic E-state index is 0.0403. The van der Waals surface area contributed by atoms with Gasteiger partial charge < -0.3 is 10.8 Å². The largest absolute Gasteiger partial charge is 0.478 e. The zero-order valence-electron chi connectivity index (χ0n) is 9.92. The van der Waals surface area contributed by atoms with Crippen LogP contribution < -0.4 is 5.73 Å². The lowest BCUT2D eigenvalue weighted by Crippen LogP contribution is -2.16. The van der Waals surface area contributed by atoms with E-state index in [0.29, 0.717) is 4.68 Å². The standard InChI is InChI=1S/C11H9F3N4O2/c12-11(13,14)9-8(5-15)16-17-18(9)7-3-1-6(2-4-7)10(19)20/h1-4H,5,15H2,(H,19,20). The van der Waals surface area contributed by atoms with Crippen LogP contribution in [0.15, 0.2) is 24.3 Å². The summed E-state index contributed by atoms with van der Waals surface area (Å²) in [6, 6.07) is 4.80. The first kappa shape index (κ1) is 14.0. The zero-order chi connectivity index (χ0) is 14.9. The minimum atomic E-state index is -4.66. The third-order valence-electron chi connectivity index (χ3n) is 2.56. The fraction of sp³-hybridized carbons (Fsp3) is 0.182. The molecule has 20 heavy (non-hydrogen) atoms. The zero-order valence-corrected chi connectivity index (χ0v) is 9.92. The van der Waals surface area contributed by atoms with Crippen LogP contribution in [0.2, 0.25) is 0 Å². The van der Waals surface area contributed by atoms with Crippen LogP contribution in [0, 0.1) is 0 Å². The Hall–Kier alpha value is -2.42. The number of nitrogens with zero attached hydrogens (tertiary/aromatic N) is 3. The Morgan fingerprint density at radius 3 is 2.35 bits per heavy atom. The van der Waals surface area contributed by atoms with Crippen molar-refractivity contribution in [3.05, 3.63) is 41.2 Å². The molecule has 2 rings (SSSR count). The number of benzene rings is 1. The van der Waals surface area contributed by atoms with E-state index in [1.54, 1.807) is 0 Å². The Bertz CT molecular complexity index is 634. The molecule has 0 fully saturated rings. The van der Waals surface area contributed by atoms with Crippen LogP contribution in [0.4, 0.5) is 13.2 Å². The highest BCUT2D eigenvalue weighted by Crippen LogP contribution is 2.32. The first-order chi connectivity index (χ1) is 9.34. The van der Waals surface area contributed by atoms with Crippen molar-refractivity contribution < 1.29 is 23.1 Å². The molecule has 0 saturated heterocycles. The first-order valence-corrected chi connectivity index (χ1v) is 5.40. The fourth-order valence-corrected chi connectivity index (χ4v) is 1.66. The number of hydrogen-bond acceptors (Lipinski definition) is 4. The number of alkyl halides is 3. The number of rotatable bonds is 3. The number of carboxylic acids is 1. The van der Waals surface area contributed by atoms with E-state index in [2.05, 4.69) is 10.3 Å². The molecule has 0 spiro atoms. The molecule has 3 N–H and O–H groups in total. The Morgan fingerprint density at radius 2 is 1.90 bits per heavy atom. The van der Waals surface area contributed by atoms with Gasteiger partial charge in [-0.1, -0.05) is 5.21 Å². The monoisotopic (exact) mass is 286 g/mol. The summed E-state index contributed by atoms with van der Waals surface area (Å²) in [6.45, 7) is -0.401. The second kappa shape index (κ2) is 4.93. The molecular weight excluding hydrogens is 277 g/mol. The Balaban J connectivity index is 2.53. The number of carboxylic acid groups (broad SMARTS) is 1. The van der Waals surface area contributed by atoms with Gasteiger partial charge in [0, 0.05) is 6.54 Å². The lowest BCUT2D eigenvalue weighted by Gasteiger charge is -2.10. The fourth-order valence-electron chi connectivity index (χ4n) is 1.66. The summed E-state index contributed by atoms with van der Waals surface area (Å²) in [5.41, 5.74) is 3.78. The van der Waals surface area contributed by atoms with Gasteiger partial charge in [0.15, 0.2) is 5.69 Å². The van der Waals surface area contributed by atoms with Gasteiger partial charge >= 0.3 is 12.1 Å². The molecule has 1 aromatic carbocycles. The van der Waals surface area contributed by atoms with Crippen LogP contribution >= 0.6 is 0 Å². The van der Waals surface area contributed by atoms with Gasteiger partial charge in [0.05, 0.1) is 11.3 Å². The molecule has 0 saturated carbocycles. The molecule has 9 heteroatoms. The minimum Gasteiger partial charge on any atom is -0.478 e. The molecule has 0 bridgehead atoms. The molecule has 1 aromatic heterocycles. The predicted molar refractivity (Wildman–Crippen MR) is 61.2 cm³/mol. The van der Waals surface area contributed by atoms with E-state index in [9.17, 15) is 18.0 Å².